The molecule has 0 bridgehead atoms. The third-order valence-electron chi connectivity index (χ3n) is 3.33. The minimum atomic E-state index is -0.336. The Morgan fingerprint density at radius 1 is 1.58 bits per heavy atom. The van der Waals surface area contributed by atoms with E-state index in [0.29, 0.717) is 18.2 Å². The molecule has 3 N–H and O–H groups in total. The van der Waals surface area contributed by atoms with Gasteiger partial charge in [-0.05, 0) is 26.2 Å². The van der Waals surface area contributed by atoms with Gasteiger partial charge in [-0.1, -0.05) is 6.92 Å². The highest BCUT2D eigenvalue weighted by Gasteiger charge is 2.29. The Labute approximate surface area is 112 Å². The van der Waals surface area contributed by atoms with E-state index >= 15 is 0 Å². The van der Waals surface area contributed by atoms with Gasteiger partial charge in [-0.2, -0.15) is 0 Å². The van der Waals surface area contributed by atoms with Crippen LogP contribution in [0.4, 0.5) is 5.82 Å². The topological polar surface area (TPSA) is 90.1 Å². The third-order valence-corrected chi connectivity index (χ3v) is 3.33. The molecule has 0 aromatic carbocycles. The third kappa shape index (κ3) is 3.41. The molecule has 19 heavy (non-hydrogen) atoms. The summed E-state index contributed by atoms with van der Waals surface area (Å²) in [5.74, 6) is 0.944. The highest BCUT2D eigenvalue weighted by atomic mass is 16.5. The van der Waals surface area contributed by atoms with Crippen LogP contribution in [0.3, 0.4) is 0 Å². The average molecular weight is 264 g/mol. The van der Waals surface area contributed by atoms with Crippen LogP contribution in [0.5, 0.6) is 0 Å². The Kier molecular flexibility index (Phi) is 4.31. The van der Waals surface area contributed by atoms with Crippen molar-refractivity contribution < 1.29 is 9.53 Å². The molecule has 2 rings (SSSR count). The number of amides is 1. The summed E-state index contributed by atoms with van der Waals surface area (Å²) in [6, 6.07) is 0. The van der Waals surface area contributed by atoms with Crippen molar-refractivity contribution >= 4 is 11.7 Å². The second-order valence-corrected chi connectivity index (χ2v) is 4.78. The molecule has 1 aromatic heterocycles. The molecule has 1 aromatic rings. The lowest BCUT2D eigenvalue weighted by Gasteiger charge is -2.13. The molecule has 2 atom stereocenters. The van der Waals surface area contributed by atoms with Gasteiger partial charge in [0.2, 0.25) is 5.91 Å². The predicted molar refractivity (Wildman–Crippen MR) is 71.2 cm³/mol. The summed E-state index contributed by atoms with van der Waals surface area (Å²) < 4.78 is 5.64. The maximum absolute atomic E-state index is 11.9. The van der Waals surface area contributed by atoms with Gasteiger partial charge >= 0.3 is 0 Å². The predicted octanol–water partition coefficient (Wildman–Crippen LogP) is 0.941. The maximum Gasteiger partial charge on any atom is 0.249 e. The molecule has 1 aliphatic heterocycles. The van der Waals surface area contributed by atoms with Gasteiger partial charge in [0.05, 0.1) is 6.10 Å². The highest BCUT2D eigenvalue weighted by Crippen LogP contribution is 2.22. The summed E-state index contributed by atoms with van der Waals surface area (Å²) in [5.41, 5.74) is 6.50. The van der Waals surface area contributed by atoms with Gasteiger partial charge in [0, 0.05) is 18.3 Å². The molecular weight excluding hydrogens is 244 g/mol. The number of aryl methyl sites for hydroxylation is 1. The monoisotopic (exact) mass is 264 g/mol. The minimum Gasteiger partial charge on any atom is -0.383 e. The van der Waals surface area contributed by atoms with E-state index in [0.717, 1.165) is 24.8 Å². The summed E-state index contributed by atoms with van der Waals surface area (Å²) in [5, 5.41) is 2.82. The van der Waals surface area contributed by atoms with Crippen molar-refractivity contribution in [3.8, 4) is 0 Å². The van der Waals surface area contributed by atoms with Crippen LogP contribution in [0.15, 0.2) is 6.20 Å². The van der Waals surface area contributed by atoms with Crippen LogP contribution >= 0.6 is 0 Å². The first kappa shape index (κ1) is 13.7. The first-order chi connectivity index (χ1) is 9.10. The van der Waals surface area contributed by atoms with E-state index in [2.05, 4.69) is 22.2 Å². The van der Waals surface area contributed by atoms with Crippen molar-refractivity contribution in [3.05, 3.63) is 17.6 Å². The molecule has 1 saturated heterocycles. The fraction of sp³-hybridized carbons (Fsp3) is 0.615. The van der Waals surface area contributed by atoms with Crippen LogP contribution in [-0.2, 0) is 16.1 Å². The van der Waals surface area contributed by atoms with E-state index in [-0.39, 0.29) is 18.1 Å². The van der Waals surface area contributed by atoms with Gasteiger partial charge < -0.3 is 15.8 Å². The number of nitrogen functional groups attached to an aromatic ring is 1. The molecular formula is C13H20N4O2. The molecule has 6 nitrogen and oxygen atoms in total. The van der Waals surface area contributed by atoms with Crippen LogP contribution in [-0.4, -0.2) is 28.1 Å². The first-order valence-corrected chi connectivity index (χ1v) is 6.61. The van der Waals surface area contributed by atoms with E-state index in [1.807, 2.05) is 0 Å². The number of anilines is 1. The second-order valence-electron chi connectivity index (χ2n) is 4.78. The van der Waals surface area contributed by atoms with Crippen LogP contribution in [0, 0.1) is 6.92 Å². The normalized spacial score (nSPS) is 22.4. The quantitative estimate of drug-likeness (QED) is 0.844. The standard InChI is InChI=1S/C13H20N4O2/c1-3-10-4-5-11(19-10)13(18)16-7-9-6-15-8(2)17-12(9)14/h6,10-11H,3-5,7H2,1-2H3,(H,16,18)(H2,14,15,17)/t10-,11+/m0/s1. The number of nitrogens with zero attached hydrogens (tertiary/aromatic N) is 2. The van der Waals surface area contributed by atoms with Gasteiger partial charge in [-0.15, -0.1) is 0 Å². The molecule has 1 amide bonds. The molecule has 0 spiro atoms. The van der Waals surface area contributed by atoms with E-state index in [1.165, 1.54) is 0 Å². The van der Waals surface area contributed by atoms with Crippen LogP contribution < -0.4 is 11.1 Å². The number of rotatable bonds is 4. The summed E-state index contributed by atoms with van der Waals surface area (Å²) in [6.45, 7) is 4.17. The van der Waals surface area contributed by atoms with Crippen molar-refractivity contribution in [1.82, 2.24) is 15.3 Å². The lowest BCUT2D eigenvalue weighted by atomic mass is 10.1. The van der Waals surface area contributed by atoms with Gasteiger partial charge in [-0.3, -0.25) is 4.79 Å². The Hall–Kier alpha value is -1.69. The maximum atomic E-state index is 11.9. The summed E-state index contributed by atoms with van der Waals surface area (Å²) in [6.07, 6.45) is 4.19. The highest BCUT2D eigenvalue weighted by molar-refractivity contribution is 5.81. The van der Waals surface area contributed by atoms with Gasteiger partial charge in [-0.25, -0.2) is 9.97 Å². The van der Waals surface area contributed by atoms with Crippen LogP contribution in [0.2, 0.25) is 0 Å². The van der Waals surface area contributed by atoms with Gasteiger partial charge in [0.15, 0.2) is 0 Å². The van der Waals surface area contributed by atoms with Crippen molar-refractivity contribution in [3.63, 3.8) is 0 Å². The molecule has 1 aliphatic rings. The lowest BCUT2D eigenvalue weighted by Crippen LogP contribution is -2.34. The molecule has 1 fully saturated rings. The minimum absolute atomic E-state index is 0.0871. The van der Waals surface area contributed by atoms with E-state index in [1.54, 1.807) is 13.1 Å². The van der Waals surface area contributed by atoms with Crippen molar-refractivity contribution in [2.45, 2.75) is 51.9 Å². The zero-order chi connectivity index (χ0) is 13.8. The lowest BCUT2D eigenvalue weighted by molar-refractivity contribution is -0.132. The Balaban J connectivity index is 1.87. The molecule has 2 heterocycles. The largest absolute Gasteiger partial charge is 0.383 e. The molecule has 0 unspecified atom stereocenters. The smallest absolute Gasteiger partial charge is 0.249 e. The number of hydrogen-bond acceptors (Lipinski definition) is 5. The van der Waals surface area contributed by atoms with Gasteiger partial charge in [0.25, 0.3) is 0 Å². The second kappa shape index (κ2) is 5.97. The Morgan fingerprint density at radius 2 is 2.37 bits per heavy atom. The zero-order valence-electron chi connectivity index (χ0n) is 11.3. The number of aromatic nitrogens is 2. The molecule has 0 saturated carbocycles. The van der Waals surface area contributed by atoms with Crippen LogP contribution in [0.25, 0.3) is 0 Å². The number of carbonyl (C=O) groups excluding carboxylic acids is 1. The van der Waals surface area contributed by atoms with Crippen molar-refractivity contribution in [2.75, 3.05) is 5.73 Å². The number of ether oxygens (including phenoxy) is 1. The van der Waals surface area contributed by atoms with E-state index in [4.69, 9.17) is 10.5 Å². The number of nitrogens with two attached hydrogens (primary N) is 1. The fourth-order valence-electron chi connectivity index (χ4n) is 2.14. The van der Waals surface area contributed by atoms with Gasteiger partial charge in [0.1, 0.15) is 17.7 Å². The van der Waals surface area contributed by atoms with Crippen molar-refractivity contribution in [1.29, 1.82) is 0 Å². The molecule has 104 valence electrons. The molecule has 0 radical (unpaired) electrons. The summed E-state index contributed by atoms with van der Waals surface area (Å²) in [4.78, 5) is 20.1. The number of nitrogens with one attached hydrogen (secondary N) is 1. The molecule has 6 heteroatoms. The fourth-order valence-corrected chi connectivity index (χ4v) is 2.14. The zero-order valence-corrected chi connectivity index (χ0v) is 11.3. The molecule has 0 aliphatic carbocycles. The van der Waals surface area contributed by atoms with Crippen molar-refractivity contribution in [2.24, 2.45) is 0 Å². The number of hydrogen-bond donors (Lipinski definition) is 2. The SMILES string of the molecule is CC[C@H]1CC[C@H](C(=O)NCc2cnc(C)nc2N)O1. The van der Waals surface area contributed by atoms with E-state index in [9.17, 15) is 4.79 Å². The Bertz CT molecular complexity index is 464. The first-order valence-electron chi connectivity index (χ1n) is 6.61. The van der Waals surface area contributed by atoms with E-state index < -0.39 is 0 Å². The summed E-state index contributed by atoms with van der Waals surface area (Å²) >= 11 is 0. The number of carbonyl (C=O) groups is 1. The summed E-state index contributed by atoms with van der Waals surface area (Å²) in [7, 11) is 0. The van der Waals surface area contributed by atoms with Crippen LogP contribution in [0.1, 0.15) is 37.6 Å². The average Bonchev–Trinajstić information content (AvgIpc) is 2.86. The Morgan fingerprint density at radius 3 is 3.00 bits per heavy atom.